The molecule has 12 nitrogen and oxygen atoms in total. The number of carbonyl (C=O) groups is 2. The molecule has 2 heterocycles. The summed E-state index contributed by atoms with van der Waals surface area (Å²) < 4.78 is 12.2. The van der Waals surface area contributed by atoms with Crippen molar-refractivity contribution in [3.8, 4) is 33.8 Å². The minimum atomic E-state index is -1.06. The molecule has 0 unspecified atom stereocenters. The van der Waals surface area contributed by atoms with Gasteiger partial charge in [-0.25, -0.2) is 4.79 Å². The number of carboxylic acids is 1. The van der Waals surface area contributed by atoms with Gasteiger partial charge in [0.05, 0.1) is 29.7 Å². The van der Waals surface area contributed by atoms with Crippen molar-refractivity contribution in [2.24, 2.45) is 0 Å². The highest BCUT2D eigenvalue weighted by Gasteiger charge is 2.19. The zero-order valence-corrected chi connectivity index (χ0v) is 37.9. The molecule has 2 fully saturated rings. The largest absolute Gasteiger partial charge is 0.490 e. The number of amides is 1. The van der Waals surface area contributed by atoms with Gasteiger partial charge in [-0.15, -0.1) is 35.0 Å². The third-order valence-corrected chi connectivity index (χ3v) is 10.8. The lowest BCUT2D eigenvalue weighted by Crippen LogP contribution is -2.38. The Labute approximate surface area is 374 Å². The highest BCUT2D eigenvalue weighted by atomic mass is 35.5. The van der Waals surface area contributed by atoms with E-state index in [1.165, 1.54) is 38.5 Å². The van der Waals surface area contributed by atoms with Crippen LogP contribution in [-0.2, 0) is 12.8 Å². The standard InChI is InChI=1S/C26H38N4O3.C21H26N2O3.2ClH/c1-4-5-11-24-23(16-25(29-28-24)26(32)27-17-20(31)18-30(2)3)19-12-14-22(15-13-19)33-21-9-7-6-8-10-21;1-2-3-9-19-18(14-20(21(24)25)23-22-19)15-10-12-17(13-11-15)26-16-7-5-4-6-8-16;;/h12-16,20-21,31H,4-11,17-18H2,1-3H3,(H,27,32);10-14,16H,2-9H2,1H3,(H,24,25);2*1H/t20-;;;/m0.../s1. The van der Waals surface area contributed by atoms with E-state index >= 15 is 0 Å². The maximum Gasteiger partial charge on any atom is 0.356 e. The van der Waals surface area contributed by atoms with E-state index < -0.39 is 12.1 Å². The van der Waals surface area contributed by atoms with Crippen molar-refractivity contribution in [3.05, 3.63) is 83.4 Å². The van der Waals surface area contributed by atoms with E-state index in [9.17, 15) is 19.8 Å². The molecule has 3 N–H and O–H groups in total. The molecule has 334 valence electrons. The smallest absolute Gasteiger partial charge is 0.356 e. The lowest BCUT2D eigenvalue weighted by molar-refractivity contribution is 0.0688. The number of aryl methyl sites for hydroxylation is 2. The number of benzene rings is 2. The number of ether oxygens (including phenoxy) is 2. The van der Waals surface area contributed by atoms with E-state index in [4.69, 9.17) is 9.47 Å². The Morgan fingerprint density at radius 1 is 0.689 bits per heavy atom. The number of hydrogen-bond acceptors (Lipinski definition) is 10. The first-order valence-electron chi connectivity index (χ1n) is 21.7. The topological polar surface area (TPSA) is 160 Å². The van der Waals surface area contributed by atoms with Crippen molar-refractivity contribution in [1.29, 1.82) is 0 Å². The van der Waals surface area contributed by atoms with Gasteiger partial charge in [0.2, 0.25) is 0 Å². The molecule has 0 radical (unpaired) electrons. The Bertz CT molecular complexity index is 1910. The first-order valence-corrected chi connectivity index (χ1v) is 21.7. The number of aromatic nitrogens is 4. The molecule has 0 spiro atoms. The average Bonchev–Trinajstić information content (AvgIpc) is 3.25. The van der Waals surface area contributed by atoms with Gasteiger partial charge in [0.1, 0.15) is 11.5 Å². The number of carboxylic acid groups (broad SMARTS) is 1. The van der Waals surface area contributed by atoms with Gasteiger partial charge in [0.15, 0.2) is 11.4 Å². The fraction of sp³-hybridized carbons (Fsp3) is 0.532. The van der Waals surface area contributed by atoms with Crippen LogP contribution in [0.25, 0.3) is 22.3 Å². The Hall–Kier alpha value is -4.36. The highest BCUT2D eigenvalue weighted by Crippen LogP contribution is 2.30. The number of rotatable bonds is 18. The third kappa shape index (κ3) is 16.5. The molecule has 2 aliphatic rings. The fourth-order valence-corrected chi connectivity index (χ4v) is 7.57. The predicted molar refractivity (Wildman–Crippen MR) is 246 cm³/mol. The first-order chi connectivity index (χ1) is 28.6. The van der Waals surface area contributed by atoms with Crippen molar-refractivity contribution in [3.63, 3.8) is 0 Å². The summed E-state index contributed by atoms with van der Waals surface area (Å²) in [6, 6.07) is 19.4. The number of aliphatic hydroxyl groups is 1. The van der Waals surface area contributed by atoms with Crippen molar-refractivity contribution < 1.29 is 29.3 Å². The van der Waals surface area contributed by atoms with Crippen LogP contribution >= 0.6 is 24.8 Å². The molecule has 1 amide bonds. The molecule has 1 atom stereocenters. The van der Waals surface area contributed by atoms with Gasteiger partial charge in [0, 0.05) is 24.2 Å². The van der Waals surface area contributed by atoms with Crippen molar-refractivity contribution >= 4 is 36.7 Å². The summed E-state index contributed by atoms with van der Waals surface area (Å²) in [6.45, 7) is 4.91. The number of hydrogen-bond donors (Lipinski definition) is 3. The molecule has 2 aromatic heterocycles. The van der Waals surface area contributed by atoms with E-state index in [0.717, 1.165) is 109 Å². The lowest BCUT2D eigenvalue weighted by Gasteiger charge is -2.23. The van der Waals surface area contributed by atoms with Crippen LogP contribution in [0.2, 0.25) is 0 Å². The Morgan fingerprint density at radius 2 is 1.11 bits per heavy atom. The second-order valence-corrected chi connectivity index (χ2v) is 16.1. The highest BCUT2D eigenvalue weighted by molar-refractivity contribution is 5.93. The number of aromatic carboxylic acids is 1. The van der Waals surface area contributed by atoms with Gasteiger partial charge in [-0.2, -0.15) is 10.2 Å². The number of nitrogens with zero attached hydrogens (tertiary/aromatic N) is 5. The number of halogens is 2. The van der Waals surface area contributed by atoms with Crippen molar-refractivity contribution in [2.75, 3.05) is 27.2 Å². The lowest BCUT2D eigenvalue weighted by atomic mass is 9.97. The fourth-order valence-electron chi connectivity index (χ4n) is 7.57. The van der Waals surface area contributed by atoms with Crippen molar-refractivity contribution in [1.82, 2.24) is 30.6 Å². The number of carbonyl (C=O) groups excluding carboxylic acids is 1. The summed E-state index contributed by atoms with van der Waals surface area (Å²) in [4.78, 5) is 25.8. The average molecular weight is 882 g/mol. The van der Waals surface area contributed by atoms with Gasteiger partial charge in [-0.3, -0.25) is 4.79 Å². The SMILES string of the molecule is CCCCc1nnc(C(=O)NC[C@H](O)CN(C)C)cc1-c1ccc(OC2CCCCC2)cc1.CCCCc1nnc(C(=O)O)cc1-c1ccc(OC2CCCCC2)cc1.Cl.Cl. The van der Waals surface area contributed by atoms with E-state index in [2.05, 4.69) is 39.6 Å². The van der Waals surface area contributed by atoms with Gasteiger partial charge in [-0.05, 0) is 139 Å². The molecular weight excluding hydrogens is 815 g/mol. The van der Waals surface area contributed by atoms with Crippen molar-refractivity contribution in [2.45, 2.75) is 135 Å². The minimum absolute atomic E-state index is 0. The molecular formula is C47H66Cl2N6O6. The van der Waals surface area contributed by atoms with Crippen LogP contribution in [0.3, 0.4) is 0 Å². The first kappa shape index (κ1) is 51.0. The monoisotopic (exact) mass is 880 g/mol. The van der Waals surface area contributed by atoms with Gasteiger partial charge in [-0.1, -0.05) is 63.8 Å². The van der Waals surface area contributed by atoms with Crippen LogP contribution in [0, 0.1) is 0 Å². The van der Waals surface area contributed by atoms with Gasteiger partial charge >= 0.3 is 5.97 Å². The molecule has 14 heteroatoms. The summed E-state index contributed by atoms with van der Waals surface area (Å²) in [5.41, 5.74) is 5.67. The van der Waals surface area contributed by atoms with Gasteiger partial charge in [0.25, 0.3) is 5.91 Å². The Morgan fingerprint density at radius 3 is 1.52 bits per heavy atom. The normalized spacial score (nSPS) is 14.7. The van der Waals surface area contributed by atoms with Crippen LogP contribution in [0.15, 0.2) is 60.7 Å². The molecule has 4 aromatic rings. The summed E-state index contributed by atoms with van der Waals surface area (Å²) in [6.07, 6.45) is 17.8. The molecule has 2 aliphatic carbocycles. The summed E-state index contributed by atoms with van der Waals surface area (Å²) in [5, 5.41) is 38.6. The molecule has 0 aliphatic heterocycles. The number of nitrogens with one attached hydrogen (secondary N) is 1. The quantitative estimate of drug-likeness (QED) is 0.0874. The minimum Gasteiger partial charge on any atom is -0.490 e. The predicted octanol–water partition coefficient (Wildman–Crippen LogP) is 9.59. The molecule has 0 saturated heterocycles. The Kier molecular flexibility index (Phi) is 22.5. The van der Waals surface area contributed by atoms with Crippen LogP contribution in [0.4, 0.5) is 0 Å². The maximum absolute atomic E-state index is 12.7. The summed E-state index contributed by atoms with van der Waals surface area (Å²) in [7, 11) is 3.76. The second-order valence-electron chi connectivity index (χ2n) is 16.1. The second kappa shape index (κ2) is 26.9. The zero-order chi connectivity index (χ0) is 42.0. The van der Waals surface area contributed by atoms with Crippen LogP contribution in [-0.4, -0.2) is 92.9 Å². The molecule has 6 rings (SSSR count). The Balaban J connectivity index is 0.000000323. The zero-order valence-electron chi connectivity index (χ0n) is 36.3. The van der Waals surface area contributed by atoms with Crippen LogP contribution in [0.5, 0.6) is 11.5 Å². The molecule has 2 saturated carbocycles. The van der Waals surface area contributed by atoms with E-state index in [-0.39, 0.29) is 48.7 Å². The molecule has 0 bridgehead atoms. The van der Waals surface area contributed by atoms with E-state index in [1.54, 1.807) is 6.07 Å². The number of aliphatic hydroxyl groups excluding tert-OH is 1. The number of unbranched alkanes of at least 4 members (excludes halogenated alkanes) is 2. The third-order valence-electron chi connectivity index (χ3n) is 10.8. The van der Waals surface area contributed by atoms with E-state index in [0.29, 0.717) is 18.8 Å². The number of likely N-dealkylation sites (N-methyl/N-ethyl adjacent to an activating group) is 1. The van der Waals surface area contributed by atoms with E-state index in [1.807, 2.05) is 73.6 Å². The molecule has 2 aromatic carbocycles. The van der Waals surface area contributed by atoms with Gasteiger partial charge < -0.3 is 29.9 Å². The molecule has 61 heavy (non-hydrogen) atoms. The van der Waals surface area contributed by atoms with Crippen LogP contribution in [0.1, 0.15) is 136 Å². The summed E-state index contributed by atoms with van der Waals surface area (Å²) in [5.74, 6) is 0.366. The van der Waals surface area contributed by atoms with Crippen LogP contribution < -0.4 is 14.8 Å². The maximum atomic E-state index is 12.7. The summed E-state index contributed by atoms with van der Waals surface area (Å²) >= 11 is 0.